The predicted octanol–water partition coefficient (Wildman–Crippen LogP) is 2.59. The lowest BCUT2D eigenvalue weighted by atomic mass is 10.1. The molecule has 0 fully saturated rings. The number of carboxylic acids is 1. The molecule has 0 spiro atoms. The van der Waals surface area contributed by atoms with Crippen LogP contribution in [0.3, 0.4) is 0 Å². The minimum atomic E-state index is -0.928. The summed E-state index contributed by atoms with van der Waals surface area (Å²) in [6, 6.07) is 5.02. The first kappa shape index (κ1) is 13.4. The summed E-state index contributed by atoms with van der Waals surface area (Å²) in [5.41, 5.74) is 7.36. The molecule has 0 radical (unpaired) electrons. The van der Waals surface area contributed by atoms with Gasteiger partial charge < -0.3 is 15.7 Å². The maximum Gasteiger partial charge on any atom is 0.337 e. The molecular formula is C13H20N2O2. The fourth-order valence-electron chi connectivity index (χ4n) is 1.86. The number of unbranched alkanes of at least 4 members (excludes halogenated alkanes) is 1. The van der Waals surface area contributed by atoms with Crippen molar-refractivity contribution in [3.63, 3.8) is 0 Å². The zero-order valence-corrected chi connectivity index (χ0v) is 10.4. The monoisotopic (exact) mass is 236 g/mol. The van der Waals surface area contributed by atoms with Crippen LogP contribution in [0.25, 0.3) is 0 Å². The number of hydrogen-bond donors (Lipinski definition) is 2. The number of carbonyl (C=O) groups is 1. The third-order valence-electron chi connectivity index (χ3n) is 2.78. The smallest absolute Gasteiger partial charge is 0.337 e. The maximum absolute atomic E-state index is 11.2. The summed E-state index contributed by atoms with van der Waals surface area (Å²) < 4.78 is 0. The normalized spacial score (nSPS) is 10.2. The number of benzene rings is 1. The molecule has 0 unspecified atom stereocenters. The standard InChI is InChI=1S/C13H20N2O2/c1-3-5-9-15(4-2)12-10(13(16)17)7-6-8-11(12)14/h6-8H,3-5,9,14H2,1-2H3,(H,16,17). The van der Waals surface area contributed by atoms with E-state index in [-0.39, 0.29) is 5.56 Å². The van der Waals surface area contributed by atoms with Crippen LogP contribution in [0.2, 0.25) is 0 Å². The van der Waals surface area contributed by atoms with Gasteiger partial charge in [0.1, 0.15) is 0 Å². The summed E-state index contributed by atoms with van der Waals surface area (Å²) in [6.45, 7) is 5.71. The van der Waals surface area contributed by atoms with Gasteiger partial charge in [0.25, 0.3) is 0 Å². The zero-order chi connectivity index (χ0) is 12.8. The molecule has 0 amide bonds. The Morgan fingerprint density at radius 1 is 1.41 bits per heavy atom. The Balaban J connectivity index is 3.11. The van der Waals surface area contributed by atoms with Gasteiger partial charge in [0.2, 0.25) is 0 Å². The van der Waals surface area contributed by atoms with Crippen LogP contribution in [0.1, 0.15) is 37.0 Å². The summed E-state index contributed by atoms with van der Waals surface area (Å²) in [5, 5.41) is 9.18. The number of para-hydroxylation sites is 1. The van der Waals surface area contributed by atoms with E-state index in [1.807, 2.05) is 11.8 Å². The minimum absolute atomic E-state index is 0.281. The molecule has 17 heavy (non-hydrogen) atoms. The van der Waals surface area contributed by atoms with Crippen molar-refractivity contribution in [1.82, 2.24) is 0 Å². The topological polar surface area (TPSA) is 66.6 Å². The average Bonchev–Trinajstić information content (AvgIpc) is 2.31. The third-order valence-corrected chi connectivity index (χ3v) is 2.78. The summed E-state index contributed by atoms with van der Waals surface area (Å²) in [4.78, 5) is 13.2. The van der Waals surface area contributed by atoms with Gasteiger partial charge in [0, 0.05) is 13.1 Å². The molecule has 1 aromatic rings. The summed E-state index contributed by atoms with van der Waals surface area (Å²) in [5.74, 6) is -0.928. The lowest BCUT2D eigenvalue weighted by molar-refractivity contribution is 0.0697. The molecule has 0 saturated heterocycles. The number of aromatic carboxylic acids is 1. The van der Waals surface area contributed by atoms with E-state index in [9.17, 15) is 9.90 Å². The molecule has 0 aliphatic heterocycles. The Labute approximate surface area is 102 Å². The number of nitrogens with two attached hydrogens (primary N) is 1. The molecule has 4 nitrogen and oxygen atoms in total. The molecule has 4 heteroatoms. The summed E-state index contributed by atoms with van der Waals surface area (Å²) in [7, 11) is 0. The first-order chi connectivity index (χ1) is 8.11. The van der Waals surface area contributed by atoms with E-state index in [4.69, 9.17) is 5.73 Å². The number of rotatable bonds is 6. The van der Waals surface area contributed by atoms with E-state index in [1.165, 1.54) is 0 Å². The van der Waals surface area contributed by atoms with Crippen molar-refractivity contribution in [2.45, 2.75) is 26.7 Å². The molecule has 1 aromatic carbocycles. The Bertz CT molecular complexity index is 391. The van der Waals surface area contributed by atoms with Crippen molar-refractivity contribution in [2.24, 2.45) is 0 Å². The fourth-order valence-corrected chi connectivity index (χ4v) is 1.86. The molecular weight excluding hydrogens is 216 g/mol. The highest BCUT2D eigenvalue weighted by Crippen LogP contribution is 2.28. The van der Waals surface area contributed by atoms with Crippen molar-refractivity contribution in [3.05, 3.63) is 23.8 Å². The maximum atomic E-state index is 11.2. The first-order valence-corrected chi connectivity index (χ1v) is 5.98. The second-order valence-electron chi connectivity index (χ2n) is 3.98. The lowest BCUT2D eigenvalue weighted by Crippen LogP contribution is -2.27. The molecule has 0 aliphatic carbocycles. The average molecular weight is 236 g/mol. The van der Waals surface area contributed by atoms with Gasteiger partial charge in [-0.05, 0) is 25.5 Å². The zero-order valence-electron chi connectivity index (χ0n) is 10.4. The minimum Gasteiger partial charge on any atom is -0.478 e. The Morgan fingerprint density at radius 2 is 2.12 bits per heavy atom. The Kier molecular flexibility index (Phi) is 4.82. The molecule has 3 N–H and O–H groups in total. The predicted molar refractivity (Wildman–Crippen MR) is 70.6 cm³/mol. The SMILES string of the molecule is CCCCN(CC)c1c(N)cccc1C(=O)O. The Hall–Kier alpha value is -1.71. The van der Waals surface area contributed by atoms with Crippen LogP contribution in [-0.4, -0.2) is 24.2 Å². The summed E-state index contributed by atoms with van der Waals surface area (Å²) >= 11 is 0. The van der Waals surface area contributed by atoms with Crippen LogP contribution in [0, 0.1) is 0 Å². The molecule has 0 aliphatic rings. The van der Waals surface area contributed by atoms with E-state index in [2.05, 4.69) is 6.92 Å². The Morgan fingerprint density at radius 3 is 2.65 bits per heavy atom. The fraction of sp³-hybridized carbons (Fsp3) is 0.462. The molecule has 1 rings (SSSR count). The van der Waals surface area contributed by atoms with Crippen LogP contribution in [0.4, 0.5) is 11.4 Å². The van der Waals surface area contributed by atoms with E-state index in [0.717, 1.165) is 25.9 Å². The highest BCUT2D eigenvalue weighted by atomic mass is 16.4. The van der Waals surface area contributed by atoms with E-state index < -0.39 is 5.97 Å². The van der Waals surface area contributed by atoms with E-state index >= 15 is 0 Å². The van der Waals surface area contributed by atoms with Crippen molar-refractivity contribution >= 4 is 17.3 Å². The quantitative estimate of drug-likeness (QED) is 0.745. The lowest BCUT2D eigenvalue weighted by Gasteiger charge is -2.26. The van der Waals surface area contributed by atoms with Gasteiger partial charge in [-0.15, -0.1) is 0 Å². The van der Waals surface area contributed by atoms with Crippen LogP contribution in [0.15, 0.2) is 18.2 Å². The molecule has 0 heterocycles. The number of hydrogen-bond acceptors (Lipinski definition) is 3. The first-order valence-electron chi connectivity index (χ1n) is 5.98. The van der Waals surface area contributed by atoms with E-state index in [1.54, 1.807) is 18.2 Å². The van der Waals surface area contributed by atoms with Crippen molar-refractivity contribution < 1.29 is 9.90 Å². The van der Waals surface area contributed by atoms with Crippen LogP contribution in [-0.2, 0) is 0 Å². The number of carboxylic acid groups (broad SMARTS) is 1. The molecule has 0 atom stereocenters. The highest BCUT2D eigenvalue weighted by Gasteiger charge is 2.17. The second-order valence-corrected chi connectivity index (χ2v) is 3.98. The molecule has 0 saturated carbocycles. The van der Waals surface area contributed by atoms with Gasteiger partial charge >= 0.3 is 5.97 Å². The van der Waals surface area contributed by atoms with E-state index in [0.29, 0.717) is 11.4 Å². The number of nitrogen functional groups attached to an aromatic ring is 1. The van der Waals surface area contributed by atoms with Gasteiger partial charge in [-0.3, -0.25) is 0 Å². The molecule has 94 valence electrons. The van der Waals surface area contributed by atoms with Crippen molar-refractivity contribution in [2.75, 3.05) is 23.7 Å². The molecule has 0 aromatic heterocycles. The van der Waals surface area contributed by atoms with Crippen LogP contribution >= 0.6 is 0 Å². The van der Waals surface area contributed by atoms with Crippen molar-refractivity contribution in [3.8, 4) is 0 Å². The van der Waals surface area contributed by atoms with Gasteiger partial charge in [0.15, 0.2) is 0 Å². The second kappa shape index (κ2) is 6.13. The van der Waals surface area contributed by atoms with Crippen molar-refractivity contribution in [1.29, 1.82) is 0 Å². The molecule has 0 bridgehead atoms. The number of nitrogens with zero attached hydrogens (tertiary/aromatic N) is 1. The van der Waals surface area contributed by atoms with Gasteiger partial charge in [-0.2, -0.15) is 0 Å². The van der Waals surface area contributed by atoms with Gasteiger partial charge in [-0.25, -0.2) is 4.79 Å². The summed E-state index contributed by atoms with van der Waals surface area (Å²) in [6.07, 6.45) is 2.10. The van der Waals surface area contributed by atoms with Crippen LogP contribution in [0.5, 0.6) is 0 Å². The van der Waals surface area contributed by atoms with Crippen LogP contribution < -0.4 is 10.6 Å². The highest BCUT2D eigenvalue weighted by molar-refractivity contribution is 5.97. The van der Waals surface area contributed by atoms with Gasteiger partial charge in [0.05, 0.1) is 16.9 Å². The third kappa shape index (κ3) is 3.12. The largest absolute Gasteiger partial charge is 0.478 e. The number of anilines is 2. The van der Waals surface area contributed by atoms with Gasteiger partial charge in [-0.1, -0.05) is 19.4 Å².